The lowest BCUT2D eigenvalue weighted by atomic mass is 10.0. The number of guanidine groups is 1. The van der Waals surface area contributed by atoms with E-state index < -0.39 is 0 Å². The Morgan fingerprint density at radius 1 is 1.13 bits per heavy atom. The number of nitrogens with one attached hydrogen (secondary N) is 3. The number of halogens is 1. The summed E-state index contributed by atoms with van der Waals surface area (Å²) in [6.45, 7) is 3.59. The van der Waals surface area contributed by atoms with E-state index in [1.807, 2.05) is 36.4 Å². The Hall–Kier alpha value is -2.93. The summed E-state index contributed by atoms with van der Waals surface area (Å²) >= 11 is 0. The van der Waals surface area contributed by atoms with Crippen molar-refractivity contribution >= 4 is 11.9 Å². The highest BCUT2D eigenvalue weighted by atomic mass is 19.1. The van der Waals surface area contributed by atoms with E-state index in [4.69, 9.17) is 0 Å². The zero-order valence-corrected chi connectivity index (χ0v) is 18.3. The second-order valence-corrected chi connectivity index (χ2v) is 7.85. The van der Waals surface area contributed by atoms with Crippen LogP contribution in [0, 0.1) is 5.82 Å². The maximum Gasteiger partial charge on any atom is 0.251 e. The third-order valence-electron chi connectivity index (χ3n) is 5.59. The summed E-state index contributed by atoms with van der Waals surface area (Å²) in [5.41, 5.74) is 2.93. The number of amides is 1. The molecule has 31 heavy (non-hydrogen) atoms. The number of piperidine rings is 1. The van der Waals surface area contributed by atoms with E-state index >= 15 is 0 Å². The van der Waals surface area contributed by atoms with Crippen molar-refractivity contribution in [2.75, 3.05) is 33.7 Å². The molecule has 0 radical (unpaired) electrons. The van der Waals surface area contributed by atoms with Crippen molar-refractivity contribution in [2.45, 2.75) is 31.8 Å². The summed E-state index contributed by atoms with van der Waals surface area (Å²) in [5, 5.41) is 9.55. The lowest BCUT2D eigenvalue weighted by Gasteiger charge is -2.33. The first kappa shape index (κ1) is 22.7. The van der Waals surface area contributed by atoms with E-state index in [-0.39, 0.29) is 11.7 Å². The Morgan fingerprint density at radius 2 is 1.87 bits per heavy atom. The van der Waals surface area contributed by atoms with Gasteiger partial charge in [-0.2, -0.15) is 0 Å². The van der Waals surface area contributed by atoms with E-state index in [0.717, 1.165) is 62.5 Å². The van der Waals surface area contributed by atoms with Crippen LogP contribution in [0.2, 0.25) is 0 Å². The average molecular weight is 426 g/mol. The molecule has 0 atom stereocenters. The minimum atomic E-state index is -0.190. The fourth-order valence-electron chi connectivity index (χ4n) is 3.81. The molecule has 2 aromatic carbocycles. The lowest BCUT2D eigenvalue weighted by Crippen LogP contribution is -2.48. The van der Waals surface area contributed by atoms with Crippen molar-refractivity contribution in [1.82, 2.24) is 20.9 Å². The summed E-state index contributed by atoms with van der Waals surface area (Å²) in [4.78, 5) is 18.5. The predicted octanol–water partition coefficient (Wildman–Crippen LogP) is 2.56. The minimum Gasteiger partial charge on any atom is -0.356 e. The molecule has 1 amide bonds. The summed E-state index contributed by atoms with van der Waals surface area (Å²) in [7, 11) is 3.42. The highest BCUT2D eigenvalue weighted by Gasteiger charge is 2.20. The van der Waals surface area contributed by atoms with Crippen LogP contribution in [-0.4, -0.2) is 56.5 Å². The van der Waals surface area contributed by atoms with Crippen molar-refractivity contribution in [1.29, 1.82) is 0 Å². The van der Waals surface area contributed by atoms with Gasteiger partial charge in [0.1, 0.15) is 5.82 Å². The molecule has 0 aromatic heterocycles. The molecule has 3 N–H and O–H groups in total. The van der Waals surface area contributed by atoms with E-state index in [0.29, 0.717) is 11.6 Å². The van der Waals surface area contributed by atoms with Gasteiger partial charge in [0.25, 0.3) is 5.91 Å². The Kier molecular flexibility index (Phi) is 8.41. The van der Waals surface area contributed by atoms with E-state index in [1.54, 1.807) is 14.1 Å². The van der Waals surface area contributed by atoms with Crippen molar-refractivity contribution in [3.8, 4) is 0 Å². The van der Waals surface area contributed by atoms with Gasteiger partial charge in [-0.25, -0.2) is 4.39 Å². The van der Waals surface area contributed by atoms with E-state index in [1.165, 1.54) is 12.1 Å². The van der Waals surface area contributed by atoms with Gasteiger partial charge < -0.3 is 16.0 Å². The van der Waals surface area contributed by atoms with Crippen LogP contribution >= 0.6 is 0 Å². The fourth-order valence-corrected chi connectivity index (χ4v) is 3.81. The van der Waals surface area contributed by atoms with E-state index in [2.05, 4.69) is 25.8 Å². The quantitative estimate of drug-likeness (QED) is 0.471. The van der Waals surface area contributed by atoms with Crippen LogP contribution in [-0.2, 0) is 13.0 Å². The Labute approximate surface area is 183 Å². The minimum absolute atomic E-state index is 0.0712. The van der Waals surface area contributed by atoms with Gasteiger partial charge in [0.2, 0.25) is 0 Å². The number of hydrogen-bond donors (Lipinski definition) is 3. The molecule has 7 heteroatoms. The molecular weight excluding hydrogens is 393 g/mol. The number of hydrogen-bond acceptors (Lipinski definition) is 3. The summed E-state index contributed by atoms with van der Waals surface area (Å²) < 4.78 is 13.1. The van der Waals surface area contributed by atoms with Gasteiger partial charge >= 0.3 is 0 Å². The summed E-state index contributed by atoms with van der Waals surface area (Å²) in [6.07, 6.45) is 2.88. The van der Waals surface area contributed by atoms with Crippen molar-refractivity contribution < 1.29 is 9.18 Å². The second kappa shape index (κ2) is 11.5. The van der Waals surface area contributed by atoms with Crippen LogP contribution in [0.1, 0.15) is 34.3 Å². The highest BCUT2D eigenvalue weighted by molar-refractivity contribution is 5.94. The average Bonchev–Trinajstić information content (AvgIpc) is 2.80. The number of rotatable bonds is 7. The Balaban J connectivity index is 1.40. The third kappa shape index (κ3) is 7.07. The van der Waals surface area contributed by atoms with Crippen LogP contribution in [0.5, 0.6) is 0 Å². The number of benzene rings is 2. The van der Waals surface area contributed by atoms with Gasteiger partial charge in [0.05, 0.1) is 0 Å². The molecule has 0 bridgehead atoms. The maximum atomic E-state index is 13.1. The molecule has 1 heterocycles. The lowest BCUT2D eigenvalue weighted by molar-refractivity contribution is 0.0963. The molecule has 1 fully saturated rings. The summed E-state index contributed by atoms with van der Waals surface area (Å²) in [5.74, 6) is 0.544. The number of likely N-dealkylation sites (tertiary alicyclic amines) is 1. The number of aliphatic imine (C=N–C) groups is 1. The van der Waals surface area contributed by atoms with Gasteiger partial charge in [-0.1, -0.05) is 24.3 Å². The largest absolute Gasteiger partial charge is 0.356 e. The molecule has 0 unspecified atom stereocenters. The van der Waals surface area contributed by atoms with E-state index in [9.17, 15) is 9.18 Å². The van der Waals surface area contributed by atoms with Crippen LogP contribution in [0.15, 0.2) is 53.5 Å². The molecule has 1 aliphatic rings. The molecule has 2 aromatic rings. The normalized spacial score (nSPS) is 15.5. The monoisotopic (exact) mass is 425 g/mol. The van der Waals surface area contributed by atoms with Gasteiger partial charge in [0.15, 0.2) is 5.96 Å². The first-order valence-corrected chi connectivity index (χ1v) is 10.8. The van der Waals surface area contributed by atoms with Gasteiger partial charge in [-0.05, 0) is 54.7 Å². The highest BCUT2D eigenvalue weighted by Crippen LogP contribution is 2.14. The maximum absolute atomic E-state index is 13.1. The van der Waals surface area contributed by atoms with Gasteiger partial charge in [-0.3, -0.25) is 14.7 Å². The van der Waals surface area contributed by atoms with Crippen LogP contribution in [0.3, 0.4) is 0 Å². The van der Waals surface area contributed by atoms with Crippen LogP contribution in [0.4, 0.5) is 4.39 Å². The number of carbonyl (C=O) groups is 1. The first-order valence-electron chi connectivity index (χ1n) is 10.8. The number of nitrogens with zero attached hydrogens (tertiary/aromatic N) is 2. The van der Waals surface area contributed by atoms with Crippen molar-refractivity contribution in [3.05, 3.63) is 71.0 Å². The van der Waals surface area contributed by atoms with Crippen molar-refractivity contribution in [3.63, 3.8) is 0 Å². The summed E-state index contributed by atoms with van der Waals surface area (Å²) in [6, 6.07) is 14.8. The fraction of sp³-hybridized carbons (Fsp3) is 0.417. The van der Waals surface area contributed by atoms with Crippen molar-refractivity contribution in [2.24, 2.45) is 4.99 Å². The topological polar surface area (TPSA) is 68.8 Å². The number of carbonyl (C=O) groups excluding carboxylic acids is 1. The first-order chi connectivity index (χ1) is 15.1. The van der Waals surface area contributed by atoms with Gasteiger partial charge in [0, 0.05) is 51.9 Å². The molecule has 1 aliphatic heterocycles. The van der Waals surface area contributed by atoms with Crippen LogP contribution in [0.25, 0.3) is 0 Å². The molecule has 3 rings (SSSR count). The Bertz CT molecular complexity index is 876. The predicted molar refractivity (Wildman–Crippen MR) is 123 cm³/mol. The van der Waals surface area contributed by atoms with Crippen LogP contribution < -0.4 is 16.0 Å². The zero-order chi connectivity index (χ0) is 22.1. The SMILES string of the molecule is CN=C(NCCc1cccc(C(=O)NC)c1)NC1CCN(Cc2ccc(F)cc2)CC1. The molecule has 1 saturated heterocycles. The molecule has 0 aliphatic carbocycles. The zero-order valence-electron chi connectivity index (χ0n) is 18.3. The standard InChI is InChI=1S/C24H32FN5O/c1-26-23(31)20-5-3-4-18(16-20)10-13-28-24(27-2)29-22-11-14-30(15-12-22)17-19-6-8-21(25)9-7-19/h3-9,16,22H,10-15,17H2,1-2H3,(H,26,31)(H2,27,28,29). The smallest absolute Gasteiger partial charge is 0.251 e. The van der Waals surface area contributed by atoms with Gasteiger partial charge in [-0.15, -0.1) is 0 Å². The third-order valence-corrected chi connectivity index (χ3v) is 5.59. The Morgan fingerprint density at radius 3 is 2.55 bits per heavy atom. The molecular formula is C24H32FN5O. The molecule has 6 nitrogen and oxygen atoms in total. The molecule has 166 valence electrons. The second-order valence-electron chi connectivity index (χ2n) is 7.85. The molecule has 0 saturated carbocycles. The molecule has 0 spiro atoms.